The summed E-state index contributed by atoms with van der Waals surface area (Å²) < 4.78 is 0. The topological polar surface area (TPSA) is 12.0 Å². The molecular formula is C16H17Cl2NS. The van der Waals surface area contributed by atoms with E-state index in [1.54, 1.807) is 17.8 Å². The molecule has 0 aliphatic heterocycles. The molecule has 0 atom stereocenters. The minimum Gasteiger partial charge on any atom is -0.310 e. The Kier molecular flexibility index (Phi) is 5.79. The van der Waals surface area contributed by atoms with Crippen LogP contribution in [0.4, 0.5) is 0 Å². The fourth-order valence-electron chi connectivity index (χ4n) is 1.68. The molecule has 0 heterocycles. The van der Waals surface area contributed by atoms with Crippen molar-refractivity contribution in [1.82, 2.24) is 5.32 Å². The molecule has 2 aromatic carbocycles. The van der Waals surface area contributed by atoms with Crippen molar-refractivity contribution < 1.29 is 0 Å². The average Bonchev–Trinajstić information content (AvgIpc) is 2.42. The van der Waals surface area contributed by atoms with Crippen molar-refractivity contribution in [1.29, 1.82) is 0 Å². The minimum atomic E-state index is 0.495. The lowest BCUT2D eigenvalue weighted by Crippen LogP contribution is -2.21. The highest BCUT2D eigenvalue weighted by atomic mass is 35.5. The van der Waals surface area contributed by atoms with Crippen LogP contribution < -0.4 is 5.32 Å². The Hall–Kier alpha value is -0.670. The predicted octanol–water partition coefficient (Wildman–Crippen LogP) is 5.64. The van der Waals surface area contributed by atoms with E-state index in [4.69, 9.17) is 23.2 Å². The highest BCUT2D eigenvalue weighted by Gasteiger charge is 2.04. The first-order valence-corrected chi connectivity index (χ1v) is 8.07. The summed E-state index contributed by atoms with van der Waals surface area (Å²) in [5.74, 6) is 0. The van der Waals surface area contributed by atoms with Gasteiger partial charge >= 0.3 is 0 Å². The van der Waals surface area contributed by atoms with Gasteiger partial charge in [-0.15, -0.1) is 0 Å². The molecule has 2 rings (SSSR count). The van der Waals surface area contributed by atoms with Gasteiger partial charge in [0.1, 0.15) is 0 Å². The zero-order valence-corrected chi connectivity index (χ0v) is 13.8. The van der Waals surface area contributed by atoms with Gasteiger partial charge in [0.2, 0.25) is 0 Å². The zero-order chi connectivity index (χ0) is 14.5. The van der Waals surface area contributed by atoms with Gasteiger partial charge in [-0.25, -0.2) is 0 Å². The normalized spacial score (nSPS) is 11.1. The summed E-state index contributed by atoms with van der Waals surface area (Å²) in [5.41, 5.74) is 1.28. The second kappa shape index (κ2) is 7.37. The maximum absolute atomic E-state index is 6.17. The van der Waals surface area contributed by atoms with Crippen molar-refractivity contribution in [3.63, 3.8) is 0 Å². The summed E-state index contributed by atoms with van der Waals surface area (Å²) in [4.78, 5) is 2.13. The monoisotopic (exact) mass is 325 g/mol. The molecule has 1 N–H and O–H groups in total. The van der Waals surface area contributed by atoms with E-state index in [0.717, 1.165) is 21.4 Å². The molecule has 0 fully saturated rings. The van der Waals surface area contributed by atoms with Gasteiger partial charge in [-0.3, -0.25) is 0 Å². The largest absolute Gasteiger partial charge is 0.310 e. The van der Waals surface area contributed by atoms with E-state index in [0.29, 0.717) is 11.1 Å². The van der Waals surface area contributed by atoms with Crippen molar-refractivity contribution in [3.8, 4) is 0 Å². The van der Waals surface area contributed by atoms with Crippen LogP contribution in [0.3, 0.4) is 0 Å². The van der Waals surface area contributed by atoms with Crippen LogP contribution in [0.2, 0.25) is 10.0 Å². The summed E-state index contributed by atoms with van der Waals surface area (Å²) in [5, 5.41) is 4.83. The Bertz CT molecular complexity index is 567. The summed E-state index contributed by atoms with van der Waals surface area (Å²) in [7, 11) is 0. The van der Waals surface area contributed by atoms with E-state index in [-0.39, 0.29) is 0 Å². The molecule has 0 aliphatic carbocycles. The van der Waals surface area contributed by atoms with E-state index in [2.05, 4.69) is 43.4 Å². The standard InChI is InChI=1S/C16H17Cl2NS/c1-11(2)19-10-12-3-6-14(7-4-12)20-16-9-13(17)5-8-15(16)18/h3-9,11,19H,10H2,1-2H3. The van der Waals surface area contributed by atoms with Crippen LogP contribution in [0, 0.1) is 0 Å². The van der Waals surface area contributed by atoms with Crippen molar-refractivity contribution in [2.24, 2.45) is 0 Å². The molecule has 20 heavy (non-hydrogen) atoms. The molecule has 2 aromatic rings. The fraction of sp³-hybridized carbons (Fsp3) is 0.250. The molecule has 106 valence electrons. The Morgan fingerprint density at radius 2 is 1.75 bits per heavy atom. The second-order valence-corrected chi connectivity index (χ2v) is 6.82. The first-order valence-electron chi connectivity index (χ1n) is 6.50. The highest BCUT2D eigenvalue weighted by molar-refractivity contribution is 7.99. The summed E-state index contributed by atoms with van der Waals surface area (Å²) in [6.45, 7) is 5.18. The Morgan fingerprint density at radius 1 is 1.05 bits per heavy atom. The maximum Gasteiger partial charge on any atom is 0.0546 e. The van der Waals surface area contributed by atoms with Crippen molar-refractivity contribution in [2.75, 3.05) is 0 Å². The minimum absolute atomic E-state index is 0.495. The Balaban J connectivity index is 2.05. The second-order valence-electron chi connectivity index (χ2n) is 4.86. The van der Waals surface area contributed by atoms with E-state index in [1.165, 1.54) is 5.56 Å². The van der Waals surface area contributed by atoms with Crippen LogP contribution >= 0.6 is 35.0 Å². The van der Waals surface area contributed by atoms with Gasteiger partial charge in [0.05, 0.1) is 5.02 Å². The quantitative estimate of drug-likeness (QED) is 0.763. The third kappa shape index (κ3) is 4.71. The molecule has 0 radical (unpaired) electrons. The lowest BCUT2D eigenvalue weighted by atomic mass is 10.2. The number of hydrogen-bond acceptors (Lipinski definition) is 2. The fourth-order valence-corrected chi connectivity index (χ4v) is 3.03. The third-order valence-corrected chi connectivity index (χ3v) is 4.50. The number of benzene rings is 2. The Morgan fingerprint density at radius 3 is 2.40 bits per heavy atom. The molecular weight excluding hydrogens is 309 g/mol. The van der Waals surface area contributed by atoms with E-state index in [1.807, 2.05) is 12.1 Å². The van der Waals surface area contributed by atoms with Gasteiger partial charge in [0.25, 0.3) is 0 Å². The molecule has 0 unspecified atom stereocenters. The first-order chi connectivity index (χ1) is 9.54. The van der Waals surface area contributed by atoms with E-state index >= 15 is 0 Å². The predicted molar refractivity (Wildman–Crippen MR) is 89.0 cm³/mol. The molecule has 0 spiro atoms. The molecule has 1 nitrogen and oxygen atoms in total. The number of rotatable bonds is 5. The van der Waals surface area contributed by atoms with Gasteiger partial charge in [-0.1, -0.05) is 60.9 Å². The number of nitrogens with one attached hydrogen (secondary N) is 1. The lowest BCUT2D eigenvalue weighted by Gasteiger charge is -2.09. The van der Waals surface area contributed by atoms with E-state index in [9.17, 15) is 0 Å². The molecule has 0 saturated carbocycles. The highest BCUT2D eigenvalue weighted by Crippen LogP contribution is 2.35. The molecule has 0 aromatic heterocycles. The number of halogens is 2. The van der Waals surface area contributed by atoms with Gasteiger partial charge in [0.15, 0.2) is 0 Å². The lowest BCUT2D eigenvalue weighted by molar-refractivity contribution is 0.588. The maximum atomic E-state index is 6.17. The zero-order valence-electron chi connectivity index (χ0n) is 11.5. The average molecular weight is 326 g/mol. The van der Waals surface area contributed by atoms with Gasteiger partial charge < -0.3 is 5.32 Å². The van der Waals surface area contributed by atoms with Crippen molar-refractivity contribution >= 4 is 35.0 Å². The van der Waals surface area contributed by atoms with Gasteiger partial charge in [0, 0.05) is 27.4 Å². The number of hydrogen-bond donors (Lipinski definition) is 1. The van der Waals surface area contributed by atoms with Crippen molar-refractivity contribution in [2.45, 2.75) is 36.2 Å². The molecule has 0 amide bonds. The molecule has 0 bridgehead atoms. The summed E-state index contributed by atoms with van der Waals surface area (Å²) in [6, 6.07) is 14.5. The van der Waals surface area contributed by atoms with Crippen LogP contribution in [0.25, 0.3) is 0 Å². The molecule has 0 saturated heterocycles. The third-order valence-electron chi connectivity index (χ3n) is 2.76. The first kappa shape index (κ1) is 15.7. The smallest absolute Gasteiger partial charge is 0.0546 e. The van der Waals surface area contributed by atoms with Crippen LogP contribution in [-0.2, 0) is 6.54 Å². The van der Waals surface area contributed by atoms with Crippen LogP contribution in [-0.4, -0.2) is 6.04 Å². The molecule has 0 aliphatic rings. The van der Waals surface area contributed by atoms with Crippen LogP contribution in [0.15, 0.2) is 52.3 Å². The van der Waals surface area contributed by atoms with Crippen molar-refractivity contribution in [3.05, 3.63) is 58.1 Å². The summed E-state index contributed by atoms with van der Waals surface area (Å²) in [6.07, 6.45) is 0. The van der Waals surface area contributed by atoms with Crippen LogP contribution in [0.1, 0.15) is 19.4 Å². The Labute approximate surface area is 134 Å². The van der Waals surface area contributed by atoms with Crippen LogP contribution in [0.5, 0.6) is 0 Å². The van der Waals surface area contributed by atoms with Gasteiger partial charge in [-0.05, 0) is 35.9 Å². The SMILES string of the molecule is CC(C)NCc1ccc(Sc2cc(Cl)ccc2Cl)cc1. The van der Waals surface area contributed by atoms with Gasteiger partial charge in [-0.2, -0.15) is 0 Å². The summed E-state index contributed by atoms with van der Waals surface area (Å²) >= 11 is 13.8. The van der Waals surface area contributed by atoms with E-state index < -0.39 is 0 Å². The molecule has 4 heteroatoms.